The van der Waals surface area contributed by atoms with Crippen molar-refractivity contribution < 1.29 is 105 Å². The molecule has 582 valence electrons. The Morgan fingerprint density at radius 1 is 0.529 bits per heavy atom. The van der Waals surface area contributed by atoms with Crippen LogP contribution in [0.25, 0.3) is 0 Å². The summed E-state index contributed by atoms with van der Waals surface area (Å²) in [5.74, 6) is -0.398. The summed E-state index contributed by atoms with van der Waals surface area (Å²) in [5, 5.41) is 26.1. The molecule has 12 aliphatic rings. The van der Waals surface area contributed by atoms with Crippen LogP contribution in [0.4, 0.5) is 0 Å². The van der Waals surface area contributed by atoms with Crippen LogP contribution in [0.5, 0.6) is 0 Å². The van der Waals surface area contributed by atoms with Crippen LogP contribution in [0.3, 0.4) is 0 Å². The summed E-state index contributed by atoms with van der Waals surface area (Å²) in [6.45, 7) is 44.2. The minimum Gasteiger partial charge on any atom is -0.463 e. The standard InChI is InChI=1S/C19H32O2.C15H19NO4.C15H22O7.C14H24O3.2C8H16O3/c1-6-17(2,3)16(20)21-18(4,5)19-10-13-7-14(11-19)9-15(8-13)12-19;1-4-14(2,3)12(17)19-10-8-5-9-11(10)20-13(18)15(9,6-8)7-16;1-6-14(2,3)13(17)20-9-7-8(18-11(9)16)10-12(19-7)22-15(4,5)21-10;1-5-13(3,4)12(15)17-14(6-2)9-10-7-8-11(14)16-10;2*1-4-8(2,3)7(10)11-6-5-9/h13-15H,6-12H2,1-5H3;8-11H,4-6H2,1-3H3;7-10,12H,6H2,1-5H3;10-11H,5-9H2,1-4H3;2*9H,4-6H2,1-3H3. The average molecular weight is 1440 g/mol. The second-order valence-corrected chi connectivity index (χ2v) is 35.5. The third-order valence-corrected chi connectivity index (χ3v) is 25.1. The van der Waals surface area contributed by atoms with E-state index in [4.69, 9.17) is 67.1 Å². The number of esters is 8. The van der Waals surface area contributed by atoms with Crippen LogP contribution in [0.15, 0.2) is 0 Å². The number of carbonyl (C=O) groups excluding carboxylic acids is 8. The van der Waals surface area contributed by atoms with E-state index in [-0.39, 0.29) is 108 Å². The number of fused-ring (bicyclic) bond motifs is 6. The summed E-state index contributed by atoms with van der Waals surface area (Å²) in [7, 11) is 0. The molecule has 6 saturated heterocycles. The third-order valence-electron chi connectivity index (χ3n) is 25.1. The number of carbonyl (C=O) groups is 8. The van der Waals surface area contributed by atoms with Gasteiger partial charge in [0.05, 0.1) is 64.0 Å². The molecular formula is C79H129NO22. The largest absolute Gasteiger partial charge is 0.463 e. The molecule has 6 saturated carbocycles. The van der Waals surface area contributed by atoms with Gasteiger partial charge in [-0.15, -0.1) is 0 Å². The van der Waals surface area contributed by atoms with Gasteiger partial charge >= 0.3 is 47.8 Å². The molecule has 6 aliphatic carbocycles. The predicted octanol–water partition coefficient (Wildman–Crippen LogP) is 12.9. The zero-order valence-electron chi connectivity index (χ0n) is 66.1. The molecule has 0 aromatic rings. The smallest absolute Gasteiger partial charge is 0.350 e. The fraction of sp³-hybridized carbons (Fsp3) is 0.886. The summed E-state index contributed by atoms with van der Waals surface area (Å²) in [4.78, 5) is 95.4. The molecular weight excluding hydrogens is 1310 g/mol. The number of nitrogens with zero attached hydrogens (tertiary/aromatic N) is 1. The van der Waals surface area contributed by atoms with Gasteiger partial charge in [0.1, 0.15) is 42.7 Å². The third kappa shape index (κ3) is 18.7. The van der Waals surface area contributed by atoms with Crippen molar-refractivity contribution in [2.75, 3.05) is 26.4 Å². The Balaban J connectivity index is 0.000000196. The Morgan fingerprint density at radius 2 is 0.990 bits per heavy atom. The molecule has 23 nitrogen and oxygen atoms in total. The van der Waals surface area contributed by atoms with Gasteiger partial charge in [0.2, 0.25) is 6.10 Å². The molecule has 2 N–H and O–H groups in total. The molecule has 13 atom stereocenters. The maximum absolute atomic E-state index is 12.6. The van der Waals surface area contributed by atoms with Crippen molar-refractivity contribution in [2.24, 2.45) is 72.9 Å². The molecule has 0 amide bonds. The second kappa shape index (κ2) is 33.0. The first kappa shape index (κ1) is 85.9. The van der Waals surface area contributed by atoms with E-state index in [1.54, 1.807) is 27.7 Å². The molecule has 0 radical (unpaired) electrons. The fourth-order valence-electron chi connectivity index (χ4n) is 15.7. The first-order valence-corrected chi connectivity index (χ1v) is 38.1. The van der Waals surface area contributed by atoms with Gasteiger partial charge in [0.25, 0.3) is 0 Å². The summed E-state index contributed by atoms with van der Waals surface area (Å²) in [6.07, 6.45) is 13.9. The monoisotopic (exact) mass is 1440 g/mol. The highest BCUT2D eigenvalue weighted by molar-refractivity contribution is 5.85. The second-order valence-electron chi connectivity index (χ2n) is 35.5. The van der Waals surface area contributed by atoms with Gasteiger partial charge in [-0.2, -0.15) is 5.26 Å². The lowest BCUT2D eigenvalue weighted by molar-refractivity contribution is -0.217. The van der Waals surface area contributed by atoms with E-state index >= 15 is 0 Å². The van der Waals surface area contributed by atoms with Crippen molar-refractivity contribution in [1.29, 1.82) is 5.26 Å². The SMILES string of the molecule is CCC(C)(C)C(=O)OC(C)(C)C12CC3CC(CC(C3)C1)C2.CCC(C)(C)C(=O)OC1(CC)CC2CCC1O2.CCC(C)(C)C(=O)OC1C(=O)OC2C3OC(C)(C)OC3OC12.CCC(C)(C)C(=O)OC1C2CC3C1OC(=O)C3(C#N)C2.CCC(C)(C)C(=O)OCCO.CCC(C)(C)C(=O)OCCO. The number of aliphatic hydroxyl groups is 2. The van der Waals surface area contributed by atoms with Crippen LogP contribution in [-0.2, 0) is 95.2 Å². The highest BCUT2D eigenvalue weighted by Crippen LogP contribution is 2.65. The molecule has 12 rings (SSSR count). The van der Waals surface area contributed by atoms with Gasteiger partial charge in [-0.25, -0.2) is 4.79 Å². The van der Waals surface area contributed by atoms with Crippen molar-refractivity contribution in [2.45, 2.75) is 347 Å². The Bertz CT molecular complexity index is 2920. The minimum atomic E-state index is -1.07. The number of nitriles is 1. The topological polar surface area (TPSA) is 312 Å². The van der Waals surface area contributed by atoms with E-state index in [2.05, 4.69) is 33.8 Å². The van der Waals surface area contributed by atoms with Crippen LogP contribution in [0.1, 0.15) is 275 Å². The number of rotatable bonds is 22. The Hall–Kier alpha value is -4.99. The van der Waals surface area contributed by atoms with Gasteiger partial charge in [0.15, 0.2) is 29.7 Å². The van der Waals surface area contributed by atoms with E-state index in [1.165, 1.54) is 38.5 Å². The van der Waals surface area contributed by atoms with Gasteiger partial charge in [-0.1, -0.05) is 48.5 Å². The van der Waals surface area contributed by atoms with Crippen molar-refractivity contribution in [3.8, 4) is 6.07 Å². The van der Waals surface area contributed by atoms with E-state index in [0.29, 0.717) is 25.4 Å². The van der Waals surface area contributed by atoms with Crippen molar-refractivity contribution in [3.05, 3.63) is 0 Å². The van der Waals surface area contributed by atoms with Crippen LogP contribution in [0.2, 0.25) is 0 Å². The van der Waals surface area contributed by atoms with Crippen LogP contribution < -0.4 is 0 Å². The first-order valence-electron chi connectivity index (χ1n) is 38.1. The maximum Gasteiger partial charge on any atom is 0.350 e. The zero-order chi connectivity index (χ0) is 77.0. The molecule has 0 spiro atoms. The van der Waals surface area contributed by atoms with Crippen molar-refractivity contribution in [3.63, 3.8) is 0 Å². The molecule has 0 aromatic carbocycles. The first-order chi connectivity index (χ1) is 47.2. The predicted molar refractivity (Wildman–Crippen MR) is 375 cm³/mol. The molecule has 13 unspecified atom stereocenters. The number of aliphatic hydroxyl groups excluding tert-OH is 2. The normalized spacial score (nSPS) is 33.0. The summed E-state index contributed by atoms with van der Waals surface area (Å²) >= 11 is 0. The van der Waals surface area contributed by atoms with E-state index in [9.17, 15) is 43.6 Å². The lowest BCUT2D eigenvalue weighted by Crippen LogP contribution is -2.58. The highest BCUT2D eigenvalue weighted by atomic mass is 16.9. The average Bonchev–Trinajstić information content (AvgIpc) is 1.44. The maximum atomic E-state index is 12.6. The van der Waals surface area contributed by atoms with Gasteiger partial charge < -0.3 is 67.1 Å². The fourth-order valence-corrected chi connectivity index (χ4v) is 15.7. The molecule has 6 heterocycles. The van der Waals surface area contributed by atoms with Gasteiger partial charge in [-0.3, -0.25) is 33.6 Å². The Labute approximate surface area is 608 Å². The lowest BCUT2D eigenvalue weighted by Gasteiger charge is -2.61. The summed E-state index contributed by atoms with van der Waals surface area (Å²) < 4.78 is 66.1. The van der Waals surface area contributed by atoms with E-state index in [1.807, 2.05) is 104 Å². The van der Waals surface area contributed by atoms with Crippen LogP contribution in [0, 0.1) is 84.2 Å². The van der Waals surface area contributed by atoms with Gasteiger partial charge in [0, 0.05) is 23.7 Å². The molecule has 102 heavy (non-hydrogen) atoms. The lowest BCUT2D eigenvalue weighted by atomic mass is 9.46. The molecule has 12 fully saturated rings. The van der Waals surface area contributed by atoms with E-state index < -0.39 is 87.6 Å². The number of hydrogen-bond acceptors (Lipinski definition) is 23. The minimum absolute atomic E-state index is 0.00857. The van der Waals surface area contributed by atoms with Crippen LogP contribution >= 0.6 is 0 Å². The quantitative estimate of drug-likeness (QED) is 0.0751. The van der Waals surface area contributed by atoms with E-state index in [0.717, 1.165) is 75.5 Å². The molecule has 23 heteroatoms. The summed E-state index contributed by atoms with van der Waals surface area (Å²) in [5.41, 5.74) is -4.16. The Kier molecular flexibility index (Phi) is 27.8. The summed E-state index contributed by atoms with van der Waals surface area (Å²) in [6, 6.07) is 2.15. The van der Waals surface area contributed by atoms with Crippen molar-refractivity contribution in [1.82, 2.24) is 0 Å². The van der Waals surface area contributed by atoms with Crippen LogP contribution in [-0.4, -0.2) is 157 Å². The molecule has 8 bridgehead atoms. The van der Waals surface area contributed by atoms with Crippen molar-refractivity contribution >= 4 is 47.8 Å². The van der Waals surface area contributed by atoms with Gasteiger partial charge in [-0.05, 0) is 238 Å². The molecule has 0 aromatic heterocycles. The molecule has 6 aliphatic heterocycles. The highest BCUT2D eigenvalue weighted by Gasteiger charge is 2.73. The number of ether oxygens (including phenoxy) is 12. The zero-order valence-corrected chi connectivity index (χ0v) is 66.1. The Morgan fingerprint density at radius 3 is 1.42 bits per heavy atom. The number of hydrogen-bond donors (Lipinski definition) is 2.